The molecule has 5 rings (SSSR count). The Hall–Kier alpha value is -4.54. The third-order valence-corrected chi connectivity index (χ3v) is 6.84. The molecule has 0 unspecified atom stereocenters. The zero-order valence-electron chi connectivity index (χ0n) is 21.9. The SMILES string of the molecule is Cc1c(C(=O)Nc2ncnn2C)ccc(-c2nn3c(c2C(N)=O)Nc2ccc(C(C)(C)C)cc2CC3)c1F. The first-order valence-electron chi connectivity index (χ1n) is 12.2. The second-order valence-corrected chi connectivity index (χ2v) is 10.4. The van der Waals surface area contributed by atoms with Crippen LogP contribution in [-0.2, 0) is 25.4 Å². The number of anilines is 3. The molecule has 196 valence electrons. The summed E-state index contributed by atoms with van der Waals surface area (Å²) < 4.78 is 18.8. The van der Waals surface area contributed by atoms with Crippen LogP contribution in [0.15, 0.2) is 36.7 Å². The van der Waals surface area contributed by atoms with Gasteiger partial charge in [0.2, 0.25) is 5.95 Å². The van der Waals surface area contributed by atoms with Gasteiger partial charge in [0.1, 0.15) is 29.2 Å². The van der Waals surface area contributed by atoms with Crippen LogP contribution in [-0.4, -0.2) is 36.4 Å². The molecule has 1 aliphatic rings. The molecule has 0 atom stereocenters. The molecule has 11 heteroatoms. The molecule has 0 fully saturated rings. The number of nitrogens with one attached hydrogen (secondary N) is 2. The highest BCUT2D eigenvalue weighted by Crippen LogP contribution is 2.37. The molecule has 2 amide bonds. The number of hydrogen-bond acceptors (Lipinski definition) is 6. The molecule has 3 heterocycles. The van der Waals surface area contributed by atoms with E-state index in [4.69, 9.17) is 5.73 Å². The Morgan fingerprint density at radius 2 is 1.95 bits per heavy atom. The minimum Gasteiger partial charge on any atom is -0.365 e. The highest BCUT2D eigenvalue weighted by atomic mass is 19.1. The van der Waals surface area contributed by atoms with Crippen molar-refractivity contribution in [3.63, 3.8) is 0 Å². The van der Waals surface area contributed by atoms with Gasteiger partial charge >= 0.3 is 0 Å². The lowest BCUT2D eigenvalue weighted by Gasteiger charge is -2.21. The van der Waals surface area contributed by atoms with E-state index in [0.29, 0.717) is 18.8 Å². The van der Waals surface area contributed by atoms with E-state index in [0.717, 1.165) is 11.3 Å². The quantitative estimate of drug-likeness (QED) is 0.374. The maximum Gasteiger partial charge on any atom is 0.258 e. The van der Waals surface area contributed by atoms with Gasteiger partial charge < -0.3 is 11.1 Å². The Bertz CT molecular complexity index is 1600. The molecule has 4 aromatic rings. The maximum absolute atomic E-state index is 15.7. The summed E-state index contributed by atoms with van der Waals surface area (Å²) in [6.45, 7) is 8.44. The summed E-state index contributed by atoms with van der Waals surface area (Å²) in [4.78, 5) is 29.4. The first-order chi connectivity index (χ1) is 18.0. The lowest BCUT2D eigenvalue weighted by atomic mass is 9.85. The number of hydrogen-bond donors (Lipinski definition) is 3. The molecular formula is C27H29FN8O2. The van der Waals surface area contributed by atoms with E-state index < -0.39 is 17.6 Å². The van der Waals surface area contributed by atoms with Crippen LogP contribution in [0.3, 0.4) is 0 Å². The molecule has 0 radical (unpaired) electrons. The topological polar surface area (TPSA) is 133 Å². The van der Waals surface area contributed by atoms with Crippen molar-refractivity contribution in [2.24, 2.45) is 12.8 Å². The summed E-state index contributed by atoms with van der Waals surface area (Å²) in [5.74, 6) is -1.29. The third kappa shape index (κ3) is 4.29. The molecule has 10 nitrogen and oxygen atoms in total. The van der Waals surface area contributed by atoms with Crippen LogP contribution in [0.2, 0.25) is 0 Å². The van der Waals surface area contributed by atoms with Crippen LogP contribution in [0.5, 0.6) is 0 Å². The molecule has 4 N–H and O–H groups in total. The first-order valence-corrected chi connectivity index (χ1v) is 12.2. The monoisotopic (exact) mass is 516 g/mol. The second-order valence-electron chi connectivity index (χ2n) is 10.4. The average molecular weight is 517 g/mol. The lowest BCUT2D eigenvalue weighted by molar-refractivity contribution is 0.0998. The van der Waals surface area contributed by atoms with Gasteiger partial charge in [0.15, 0.2) is 0 Å². The molecule has 1 aliphatic heterocycles. The van der Waals surface area contributed by atoms with Gasteiger partial charge in [-0.2, -0.15) is 15.2 Å². The third-order valence-electron chi connectivity index (χ3n) is 6.84. The largest absolute Gasteiger partial charge is 0.365 e. The number of nitrogens with zero attached hydrogens (tertiary/aromatic N) is 5. The smallest absolute Gasteiger partial charge is 0.258 e. The summed E-state index contributed by atoms with van der Waals surface area (Å²) >= 11 is 0. The molecule has 0 bridgehead atoms. The van der Waals surface area contributed by atoms with E-state index in [2.05, 4.69) is 58.7 Å². The highest BCUT2D eigenvalue weighted by molar-refractivity contribution is 6.06. The van der Waals surface area contributed by atoms with Crippen LogP contribution in [0.25, 0.3) is 11.3 Å². The second kappa shape index (κ2) is 9.09. The van der Waals surface area contributed by atoms with E-state index >= 15 is 4.39 Å². The highest BCUT2D eigenvalue weighted by Gasteiger charge is 2.29. The van der Waals surface area contributed by atoms with E-state index in [1.54, 1.807) is 11.7 Å². The van der Waals surface area contributed by atoms with E-state index in [1.165, 1.54) is 35.6 Å². The van der Waals surface area contributed by atoms with Gasteiger partial charge in [0.25, 0.3) is 11.8 Å². The zero-order chi connectivity index (χ0) is 27.4. The first kappa shape index (κ1) is 25.1. The Morgan fingerprint density at radius 1 is 1.18 bits per heavy atom. The van der Waals surface area contributed by atoms with Gasteiger partial charge in [-0.1, -0.05) is 32.9 Å². The number of carbonyl (C=O) groups is 2. The fourth-order valence-electron chi connectivity index (χ4n) is 4.61. The van der Waals surface area contributed by atoms with Crippen molar-refractivity contribution in [1.29, 1.82) is 0 Å². The van der Waals surface area contributed by atoms with Crippen molar-refractivity contribution in [2.45, 2.75) is 46.1 Å². The summed E-state index contributed by atoms with van der Waals surface area (Å²) in [5, 5.41) is 14.4. The van der Waals surface area contributed by atoms with Crippen molar-refractivity contribution in [3.8, 4) is 11.3 Å². The fraction of sp³-hybridized carbons (Fsp3) is 0.296. The Labute approximate surface area is 219 Å². The molecule has 0 saturated carbocycles. The normalized spacial score (nSPS) is 12.8. The molecule has 2 aromatic carbocycles. The number of aromatic nitrogens is 5. The number of fused-ring (bicyclic) bond motifs is 2. The van der Waals surface area contributed by atoms with E-state index in [9.17, 15) is 9.59 Å². The van der Waals surface area contributed by atoms with Crippen molar-refractivity contribution in [2.75, 3.05) is 10.6 Å². The Morgan fingerprint density at radius 3 is 2.61 bits per heavy atom. The molecule has 38 heavy (non-hydrogen) atoms. The van der Waals surface area contributed by atoms with Crippen molar-refractivity contribution >= 4 is 29.3 Å². The average Bonchev–Trinajstić information content (AvgIpc) is 3.36. The van der Waals surface area contributed by atoms with Gasteiger partial charge in [-0.05, 0) is 53.6 Å². The van der Waals surface area contributed by atoms with Crippen molar-refractivity contribution < 1.29 is 14.0 Å². The van der Waals surface area contributed by atoms with E-state index in [1.807, 2.05) is 6.07 Å². The predicted molar refractivity (Wildman–Crippen MR) is 142 cm³/mol. The van der Waals surface area contributed by atoms with Crippen LogP contribution in [0.1, 0.15) is 58.2 Å². The lowest BCUT2D eigenvalue weighted by Crippen LogP contribution is -2.17. The molecule has 0 saturated heterocycles. The number of halogens is 1. The summed E-state index contributed by atoms with van der Waals surface area (Å²) in [5.41, 5.74) is 9.45. The van der Waals surface area contributed by atoms with Gasteiger partial charge in [-0.3, -0.25) is 14.9 Å². The van der Waals surface area contributed by atoms with Crippen LogP contribution < -0.4 is 16.4 Å². The maximum atomic E-state index is 15.7. The van der Waals surface area contributed by atoms with Crippen LogP contribution >= 0.6 is 0 Å². The minimum atomic E-state index is -0.732. The number of primary amides is 1. The van der Waals surface area contributed by atoms with Gasteiger partial charge in [0, 0.05) is 30.4 Å². The van der Waals surface area contributed by atoms with Crippen LogP contribution in [0, 0.1) is 12.7 Å². The Kier molecular flexibility index (Phi) is 6.01. The van der Waals surface area contributed by atoms with Crippen molar-refractivity contribution in [3.05, 3.63) is 70.3 Å². The number of rotatable bonds is 4. The molecule has 0 aliphatic carbocycles. The standard InChI is InChI=1S/C27H29FN8O2/c1-14-17(25(38)33-26-30-13-31-35(26)5)7-8-18(21(14)28)22-20(23(29)37)24-32-19-9-6-16(27(2,3)4)12-15(19)10-11-36(24)34-22/h6-9,12-13,32H,10-11H2,1-5H3,(H2,29,37)(H,30,31,33,38). The van der Waals surface area contributed by atoms with E-state index in [-0.39, 0.29) is 39.3 Å². The number of carbonyl (C=O) groups excluding carboxylic acids is 2. The van der Waals surface area contributed by atoms with Gasteiger partial charge in [-0.15, -0.1) is 0 Å². The summed E-state index contributed by atoms with van der Waals surface area (Å²) in [7, 11) is 1.63. The van der Waals surface area contributed by atoms with Crippen molar-refractivity contribution in [1.82, 2.24) is 24.5 Å². The van der Waals surface area contributed by atoms with Crippen LogP contribution in [0.4, 0.5) is 21.8 Å². The number of amides is 2. The number of aryl methyl sites for hydroxylation is 3. The minimum absolute atomic E-state index is 0.00677. The zero-order valence-corrected chi connectivity index (χ0v) is 21.9. The molecular weight excluding hydrogens is 487 g/mol. The summed E-state index contributed by atoms with van der Waals surface area (Å²) in [6.07, 6.45) is 1.97. The molecule has 0 spiro atoms. The van der Waals surface area contributed by atoms with Gasteiger partial charge in [0.05, 0.1) is 0 Å². The molecule has 2 aromatic heterocycles. The fourth-order valence-corrected chi connectivity index (χ4v) is 4.61. The van der Waals surface area contributed by atoms with Gasteiger partial charge in [-0.25, -0.2) is 13.8 Å². The number of nitrogens with two attached hydrogens (primary N) is 1. The number of benzene rings is 2. The Balaban J connectivity index is 1.54. The summed E-state index contributed by atoms with van der Waals surface area (Å²) in [6, 6.07) is 9.12. The predicted octanol–water partition coefficient (Wildman–Crippen LogP) is 4.07.